The highest BCUT2D eigenvalue weighted by molar-refractivity contribution is 4.84. The van der Waals surface area contributed by atoms with E-state index in [4.69, 9.17) is 10.5 Å². The minimum Gasteiger partial charge on any atom is -0.378 e. The van der Waals surface area contributed by atoms with Gasteiger partial charge in [-0.15, -0.1) is 0 Å². The summed E-state index contributed by atoms with van der Waals surface area (Å²) < 4.78 is 5.56. The maximum Gasteiger partial charge on any atom is 0.0588 e. The third-order valence-electron chi connectivity index (χ3n) is 3.55. The van der Waals surface area contributed by atoms with Gasteiger partial charge in [0.2, 0.25) is 0 Å². The number of ether oxygens (including phenoxy) is 1. The van der Waals surface area contributed by atoms with Crippen molar-refractivity contribution in [3.8, 4) is 0 Å². The lowest BCUT2D eigenvalue weighted by atomic mass is 10.1. The van der Waals surface area contributed by atoms with Gasteiger partial charge in [0.25, 0.3) is 0 Å². The van der Waals surface area contributed by atoms with Crippen LogP contribution in [0, 0.1) is 5.92 Å². The van der Waals surface area contributed by atoms with Gasteiger partial charge < -0.3 is 15.8 Å². The molecule has 2 atom stereocenters. The van der Waals surface area contributed by atoms with Crippen LogP contribution in [0.3, 0.4) is 0 Å². The van der Waals surface area contributed by atoms with Crippen LogP contribution in [0.25, 0.3) is 0 Å². The topological polar surface area (TPSA) is 47.3 Å². The predicted octanol–water partition coefficient (Wildman–Crippen LogP) is 1.27. The molecule has 0 amide bonds. The van der Waals surface area contributed by atoms with Crippen molar-refractivity contribution >= 4 is 0 Å². The Balaban J connectivity index is 1.41. The van der Waals surface area contributed by atoms with Crippen LogP contribution in [0.4, 0.5) is 0 Å². The second kappa shape index (κ2) is 5.83. The van der Waals surface area contributed by atoms with Crippen LogP contribution in [-0.2, 0) is 4.74 Å². The van der Waals surface area contributed by atoms with E-state index in [-0.39, 0.29) is 0 Å². The third kappa shape index (κ3) is 4.09. The fraction of sp³-hybridized carbons (Fsp3) is 1.00. The van der Waals surface area contributed by atoms with Crippen LogP contribution < -0.4 is 11.1 Å². The van der Waals surface area contributed by atoms with Gasteiger partial charge in [0, 0.05) is 12.6 Å². The fourth-order valence-corrected chi connectivity index (χ4v) is 2.29. The smallest absolute Gasteiger partial charge is 0.0588 e. The van der Waals surface area contributed by atoms with Gasteiger partial charge in [-0.1, -0.05) is 0 Å². The van der Waals surface area contributed by atoms with E-state index in [0.717, 1.165) is 32.0 Å². The molecule has 1 saturated carbocycles. The van der Waals surface area contributed by atoms with Crippen molar-refractivity contribution in [3.05, 3.63) is 0 Å². The molecule has 1 aliphatic carbocycles. The zero-order valence-electron chi connectivity index (χ0n) is 9.58. The molecule has 2 fully saturated rings. The molecular weight excluding hydrogens is 188 g/mol. The average Bonchev–Trinajstić information content (AvgIpc) is 2.97. The first-order valence-corrected chi connectivity index (χ1v) is 6.44. The summed E-state index contributed by atoms with van der Waals surface area (Å²) in [4.78, 5) is 0. The second-order valence-electron chi connectivity index (χ2n) is 4.96. The van der Waals surface area contributed by atoms with E-state index in [1.807, 2.05) is 0 Å². The van der Waals surface area contributed by atoms with E-state index in [1.165, 1.54) is 32.1 Å². The summed E-state index contributed by atoms with van der Waals surface area (Å²) in [6.07, 6.45) is 8.04. The molecular formula is C12H24N2O. The van der Waals surface area contributed by atoms with Gasteiger partial charge in [-0.05, 0) is 57.5 Å². The van der Waals surface area contributed by atoms with Crippen molar-refractivity contribution in [1.29, 1.82) is 0 Å². The van der Waals surface area contributed by atoms with Gasteiger partial charge in [0.1, 0.15) is 0 Å². The highest BCUT2D eigenvalue weighted by Crippen LogP contribution is 2.32. The number of hydrogen-bond acceptors (Lipinski definition) is 3. The minimum atomic E-state index is 0.445. The molecule has 0 spiro atoms. The van der Waals surface area contributed by atoms with E-state index in [2.05, 4.69) is 5.32 Å². The Morgan fingerprint density at radius 1 is 1.27 bits per heavy atom. The molecule has 2 unspecified atom stereocenters. The summed E-state index contributed by atoms with van der Waals surface area (Å²) >= 11 is 0. The summed E-state index contributed by atoms with van der Waals surface area (Å²) in [5.74, 6) is 0.838. The lowest BCUT2D eigenvalue weighted by molar-refractivity contribution is 0.104. The number of nitrogens with one attached hydrogen (secondary N) is 1. The number of hydrogen-bond donors (Lipinski definition) is 2. The molecule has 0 aromatic carbocycles. The summed E-state index contributed by atoms with van der Waals surface area (Å²) in [5.41, 5.74) is 6.02. The predicted molar refractivity (Wildman–Crippen MR) is 61.8 cm³/mol. The summed E-state index contributed by atoms with van der Waals surface area (Å²) in [6.45, 7) is 3.13. The van der Waals surface area contributed by atoms with E-state index < -0.39 is 0 Å². The molecule has 3 N–H and O–H groups in total. The molecule has 1 heterocycles. The Morgan fingerprint density at radius 2 is 2.13 bits per heavy atom. The Morgan fingerprint density at radius 3 is 2.80 bits per heavy atom. The highest BCUT2D eigenvalue weighted by Gasteiger charge is 2.27. The van der Waals surface area contributed by atoms with Gasteiger partial charge >= 0.3 is 0 Å². The standard InChI is InChI=1S/C12H24N2O/c13-12(10-3-4-10)6-8-14-7-5-11-2-1-9-15-11/h10-12,14H,1-9,13H2. The molecule has 0 aromatic rings. The summed E-state index contributed by atoms with van der Waals surface area (Å²) in [7, 11) is 0. The van der Waals surface area contributed by atoms with Crippen LogP contribution in [-0.4, -0.2) is 31.8 Å². The molecule has 3 nitrogen and oxygen atoms in total. The summed E-state index contributed by atoms with van der Waals surface area (Å²) in [5, 5.41) is 3.47. The van der Waals surface area contributed by atoms with Crippen LogP contribution in [0.15, 0.2) is 0 Å². The zero-order chi connectivity index (χ0) is 10.5. The van der Waals surface area contributed by atoms with Crippen molar-refractivity contribution < 1.29 is 4.74 Å². The van der Waals surface area contributed by atoms with E-state index in [9.17, 15) is 0 Å². The quantitative estimate of drug-likeness (QED) is 0.625. The first kappa shape index (κ1) is 11.4. The maximum atomic E-state index is 6.02. The number of rotatable bonds is 7. The first-order chi connectivity index (χ1) is 7.36. The minimum absolute atomic E-state index is 0.445. The maximum absolute atomic E-state index is 6.02. The second-order valence-corrected chi connectivity index (χ2v) is 4.96. The Labute approximate surface area is 92.7 Å². The third-order valence-corrected chi connectivity index (χ3v) is 3.55. The largest absolute Gasteiger partial charge is 0.378 e. The lowest BCUT2D eigenvalue weighted by Crippen LogP contribution is -2.29. The number of nitrogens with two attached hydrogens (primary N) is 1. The van der Waals surface area contributed by atoms with Crippen LogP contribution in [0.2, 0.25) is 0 Å². The molecule has 1 aliphatic heterocycles. The molecule has 88 valence electrons. The van der Waals surface area contributed by atoms with Crippen LogP contribution in [0.1, 0.15) is 38.5 Å². The molecule has 15 heavy (non-hydrogen) atoms. The SMILES string of the molecule is NC(CCNCCC1CCCO1)C1CC1. The van der Waals surface area contributed by atoms with Gasteiger partial charge in [-0.3, -0.25) is 0 Å². The van der Waals surface area contributed by atoms with Gasteiger partial charge in [-0.2, -0.15) is 0 Å². The average molecular weight is 212 g/mol. The fourth-order valence-electron chi connectivity index (χ4n) is 2.29. The first-order valence-electron chi connectivity index (χ1n) is 6.44. The van der Waals surface area contributed by atoms with Crippen molar-refractivity contribution in [2.24, 2.45) is 11.7 Å². The Hall–Kier alpha value is -0.120. The molecule has 0 radical (unpaired) electrons. The molecule has 2 aliphatic rings. The molecule has 2 rings (SSSR count). The van der Waals surface area contributed by atoms with Gasteiger partial charge in [-0.25, -0.2) is 0 Å². The molecule has 0 aromatic heterocycles. The van der Waals surface area contributed by atoms with Crippen molar-refractivity contribution in [1.82, 2.24) is 5.32 Å². The zero-order valence-corrected chi connectivity index (χ0v) is 9.58. The Kier molecular flexibility index (Phi) is 4.42. The Bertz CT molecular complexity index is 172. The molecule has 0 bridgehead atoms. The monoisotopic (exact) mass is 212 g/mol. The van der Waals surface area contributed by atoms with Gasteiger partial charge in [0.05, 0.1) is 6.10 Å². The van der Waals surface area contributed by atoms with E-state index >= 15 is 0 Å². The molecule has 3 heteroatoms. The summed E-state index contributed by atoms with van der Waals surface area (Å²) in [6, 6.07) is 0.445. The highest BCUT2D eigenvalue weighted by atomic mass is 16.5. The van der Waals surface area contributed by atoms with Crippen LogP contribution >= 0.6 is 0 Å². The lowest BCUT2D eigenvalue weighted by Gasteiger charge is -2.12. The van der Waals surface area contributed by atoms with E-state index in [1.54, 1.807) is 0 Å². The normalized spacial score (nSPS) is 28.2. The van der Waals surface area contributed by atoms with Crippen molar-refractivity contribution in [2.75, 3.05) is 19.7 Å². The van der Waals surface area contributed by atoms with Crippen molar-refractivity contribution in [3.63, 3.8) is 0 Å². The molecule has 1 saturated heterocycles. The van der Waals surface area contributed by atoms with Crippen molar-refractivity contribution in [2.45, 2.75) is 50.7 Å². The van der Waals surface area contributed by atoms with Crippen LogP contribution in [0.5, 0.6) is 0 Å². The van der Waals surface area contributed by atoms with E-state index in [0.29, 0.717) is 12.1 Å². The van der Waals surface area contributed by atoms with Gasteiger partial charge in [0.15, 0.2) is 0 Å².